The van der Waals surface area contributed by atoms with Crippen LogP contribution in [0.3, 0.4) is 0 Å². The summed E-state index contributed by atoms with van der Waals surface area (Å²) in [7, 11) is 0. The first-order chi connectivity index (χ1) is 7.94. The Labute approximate surface area is 101 Å². The van der Waals surface area contributed by atoms with Gasteiger partial charge in [-0.3, -0.25) is 0 Å². The van der Waals surface area contributed by atoms with E-state index in [2.05, 4.69) is 13.8 Å². The lowest BCUT2D eigenvalue weighted by atomic mass is 9.88. The fourth-order valence-corrected chi connectivity index (χ4v) is 1.41. The normalized spacial score (nSPS) is 11.6. The summed E-state index contributed by atoms with van der Waals surface area (Å²) in [5.41, 5.74) is 5.70. The average Bonchev–Trinajstić information content (AvgIpc) is 2.29. The van der Waals surface area contributed by atoms with E-state index in [4.69, 9.17) is 10.5 Å². The van der Waals surface area contributed by atoms with E-state index in [0.717, 1.165) is 25.0 Å². The fourth-order valence-electron chi connectivity index (χ4n) is 1.41. The quantitative estimate of drug-likeness (QED) is 0.779. The molecule has 0 aromatic heterocycles. The second kappa shape index (κ2) is 5.96. The molecule has 0 heterocycles. The molecule has 4 heteroatoms. The number of nitrogens with two attached hydrogens (primary N) is 1. The third-order valence-corrected chi connectivity index (χ3v) is 2.71. The smallest absolute Gasteiger partial charge is 0.162 e. The highest BCUT2D eigenvalue weighted by atomic mass is 19.2. The molecule has 17 heavy (non-hydrogen) atoms. The van der Waals surface area contributed by atoms with Gasteiger partial charge in [-0.1, -0.05) is 13.8 Å². The molecule has 0 aliphatic carbocycles. The van der Waals surface area contributed by atoms with Crippen LogP contribution in [-0.2, 0) is 0 Å². The van der Waals surface area contributed by atoms with Crippen LogP contribution in [0.2, 0.25) is 0 Å². The summed E-state index contributed by atoms with van der Waals surface area (Å²) in [6.07, 6.45) is 1.77. The Morgan fingerprint density at radius 2 is 1.94 bits per heavy atom. The molecule has 0 radical (unpaired) electrons. The van der Waals surface area contributed by atoms with Crippen LogP contribution < -0.4 is 10.5 Å². The lowest BCUT2D eigenvalue weighted by molar-refractivity contribution is 0.260. The molecule has 0 amide bonds. The van der Waals surface area contributed by atoms with Gasteiger partial charge in [-0.25, -0.2) is 8.78 Å². The highest BCUT2D eigenvalue weighted by Crippen LogP contribution is 2.21. The van der Waals surface area contributed by atoms with Crippen LogP contribution >= 0.6 is 0 Å². The van der Waals surface area contributed by atoms with Crippen molar-refractivity contribution in [3.8, 4) is 5.75 Å². The Hall–Kier alpha value is -1.16. The van der Waals surface area contributed by atoms with Gasteiger partial charge in [-0.2, -0.15) is 0 Å². The molecule has 0 aliphatic rings. The van der Waals surface area contributed by atoms with Gasteiger partial charge in [0, 0.05) is 6.07 Å². The van der Waals surface area contributed by atoms with E-state index in [1.807, 2.05) is 0 Å². The van der Waals surface area contributed by atoms with Gasteiger partial charge in [0.05, 0.1) is 6.61 Å². The highest BCUT2D eigenvalue weighted by molar-refractivity contribution is 5.23. The molecule has 0 spiro atoms. The van der Waals surface area contributed by atoms with Crippen molar-refractivity contribution >= 4 is 0 Å². The van der Waals surface area contributed by atoms with E-state index >= 15 is 0 Å². The highest BCUT2D eigenvalue weighted by Gasteiger charge is 2.14. The first-order valence-electron chi connectivity index (χ1n) is 5.72. The minimum absolute atomic E-state index is 0.0946. The van der Waals surface area contributed by atoms with E-state index in [-0.39, 0.29) is 5.41 Å². The number of benzene rings is 1. The molecular formula is C13H19F2NO. The lowest BCUT2D eigenvalue weighted by Crippen LogP contribution is -2.23. The summed E-state index contributed by atoms with van der Waals surface area (Å²) in [6, 6.07) is 3.55. The zero-order chi connectivity index (χ0) is 12.9. The first-order valence-corrected chi connectivity index (χ1v) is 5.72. The topological polar surface area (TPSA) is 35.2 Å². The van der Waals surface area contributed by atoms with Gasteiger partial charge in [0.1, 0.15) is 5.75 Å². The Kier molecular flexibility index (Phi) is 4.87. The van der Waals surface area contributed by atoms with Crippen molar-refractivity contribution in [2.45, 2.75) is 26.7 Å². The van der Waals surface area contributed by atoms with Crippen LogP contribution in [0.25, 0.3) is 0 Å². The molecule has 1 aromatic carbocycles. The second-order valence-electron chi connectivity index (χ2n) is 4.90. The number of rotatable bonds is 6. The zero-order valence-electron chi connectivity index (χ0n) is 10.3. The van der Waals surface area contributed by atoms with Crippen LogP contribution in [0.15, 0.2) is 18.2 Å². The van der Waals surface area contributed by atoms with Crippen LogP contribution in [-0.4, -0.2) is 13.2 Å². The van der Waals surface area contributed by atoms with Gasteiger partial charge in [-0.05, 0) is 36.9 Å². The summed E-state index contributed by atoms with van der Waals surface area (Å²) in [5, 5.41) is 0. The summed E-state index contributed by atoms with van der Waals surface area (Å²) in [5.74, 6) is -1.39. The number of hydrogen-bond acceptors (Lipinski definition) is 2. The van der Waals surface area contributed by atoms with E-state index in [9.17, 15) is 8.78 Å². The standard InChI is InChI=1S/C13H19F2NO/c1-13(2,9-16)6-3-7-17-10-4-5-11(14)12(15)8-10/h4-5,8H,3,6-7,9,16H2,1-2H3. The van der Waals surface area contributed by atoms with Crippen molar-refractivity contribution in [3.63, 3.8) is 0 Å². The summed E-state index contributed by atoms with van der Waals surface area (Å²) in [6.45, 7) is 5.28. The summed E-state index contributed by atoms with van der Waals surface area (Å²) < 4.78 is 30.8. The third kappa shape index (κ3) is 4.69. The van der Waals surface area contributed by atoms with E-state index < -0.39 is 11.6 Å². The Morgan fingerprint density at radius 3 is 2.53 bits per heavy atom. The van der Waals surface area contributed by atoms with Crippen LogP contribution in [0.1, 0.15) is 26.7 Å². The summed E-state index contributed by atoms with van der Waals surface area (Å²) in [4.78, 5) is 0. The average molecular weight is 243 g/mol. The predicted molar refractivity (Wildman–Crippen MR) is 63.9 cm³/mol. The molecule has 0 atom stereocenters. The maximum absolute atomic E-state index is 12.9. The van der Waals surface area contributed by atoms with Crippen molar-refractivity contribution in [1.29, 1.82) is 0 Å². The van der Waals surface area contributed by atoms with E-state index in [0.29, 0.717) is 18.9 Å². The molecule has 0 bridgehead atoms. The SMILES string of the molecule is CC(C)(CN)CCCOc1ccc(F)c(F)c1. The molecule has 1 aromatic rings. The molecule has 0 fully saturated rings. The lowest BCUT2D eigenvalue weighted by Gasteiger charge is -2.21. The molecule has 96 valence electrons. The van der Waals surface area contributed by atoms with E-state index in [1.54, 1.807) is 0 Å². The third-order valence-electron chi connectivity index (χ3n) is 2.71. The van der Waals surface area contributed by atoms with Crippen molar-refractivity contribution in [2.75, 3.05) is 13.2 Å². The van der Waals surface area contributed by atoms with E-state index in [1.165, 1.54) is 6.07 Å². The number of hydrogen-bond donors (Lipinski definition) is 1. The van der Waals surface area contributed by atoms with Gasteiger partial charge in [0.2, 0.25) is 0 Å². The Morgan fingerprint density at radius 1 is 1.24 bits per heavy atom. The van der Waals surface area contributed by atoms with Gasteiger partial charge < -0.3 is 10.5 Å². The minimum Gasteiger partial charge on any atom is -0.493 e. The molecule has 2 N–H and O–H groups in total. The zero-order valence-corrected chi connectivity index (χ0v) is 10.3. The minimum atomic E-state index is -0.884. The molecule has 1 rings (SSSR count). The van der Waals surface area contributed by atoms with Crippen molar-refractivity contribution in [3.05, 3.63) is 29.8 Å². The monoisotopic (exact) mass is 243 g/mol. The van der Waals surface area contributed by atoms with Crippen LogP contribution in [0.4, 0.5) is 8.78 Å². The molecule has 2 nitrogen and oxygen atoms in total. The number of ether oxygens (including phenoxy) is 1. The second-order valence-corrected chi connectivity index (χ2v) is 4.90. The van der Waals surface area contributed by atoms with Crippen molar-refractivity contribution < 1.29 is 13.5 Å². The summed E-state index contributed by atoms with van der Waals surface area (Å²) >= 11 is 0. The molecule has 0 saturated heterocycles. The fraction of sp³-hybridized carbons (Fsp3) is 0.538. The Bertz CT molecular complexity index is 366. The molecular weight excluding hydrogens is 224 g/mol. The largest absolute Gasteiger partial charge is 0.493 e. The van der Waals surface area contributed by atoms with Crippen molar-refractivity contribution in [1.82, 2.24) is 0 Å². The van der Waals surface area contributed by atoms with Crippen molar-refractivity contribution in [2.24, 2.45) is 11.1 Å². The predicted octanol–water partition coefficient (Wildman–Crippen LogP) is 3.11. The van der Waals surface area contributed by atoms with Gasteiger partial charge in [0.25, 0.3) is 0 Å². The van der Waals surface area contributed by atoms with Gasteiger partial charge in [0.15, 0.2) is 11.6 Å². The maximum atomic E-state index is 12.9. The van der Waals surface area contributed by atoms with Crippen LogP contribution in [0, 0.1) is 17.0 Å². The molecule has 0 aliphatic heterocycles. The Balaban J connectivity index is 2.34. The van der Waals surface area contributed by atoms with Gasteiger partial charge >= 0.3 is 0 Å². The molecule has 0 saturated carbocycles. The van der Waals surface area contributed by atoms with Gasteiger partial charge in [-0.15, -0.1) is 0 Å². The molecule has 0 unspecified atom stereocenters. The number of halogens is 2. The first kappa shape index (κ1) is 13.9. The van der Waals surface area contributed by atoms with Crippen LogP contribution in [0.5, 0.6) is 5.75 Å². The maximum Gasteiger partial charge on any atom is 0.162 e.